The molecule has 0 unspecified atom stereocenters. The fourth-order valence-electron chi connectivity index (χ4n) is 2.75. The Morgan fingerprint density at radius 2 is 1.79 bits per heavy atom. The van der Waals surface area contributed by atoms with Crippen molar-refractivity contribution in [1.29, 1.82) is 0 Å². The number of hydrogen-bond acceptors (Lipinski definition) is 5. The molecule has 6 heteroatoms. The van der Waals surface area contributed by atoms with Crippen molar-refractivity contribution in [2.75, 3.05) is 5.32 Å². The Labute approximate surface area is 166 Å². The van der Waals surface area contributed by atoms with Gasteiger partial charge >= 0.3 is 0 Å². The fourth-order valence-corrected chi connectivity index (χ4v) is 3.72. The molecule has 1 N–H and O–H groups in total. The Kier molecular flexibility index (Phi) is 5.12. The molecule has 0 aliphatic carbocycles. The molecule has 4 aromatic rings. The Morgan fingerprint density at radius 3 is 2.57 bits per heavy atom. The van der Waals surface area contributed by atoms with Gasteiger partial charge in [0.15, 0.2) is 5.13 Å². The normalized spacial score (nSPS) is 10.5. The Bertz CT molecular complexity index is 1100. The minimum absolute atomic E-state index is 0.271. The van der Waals surface area contributed by atoms with E-state index in [-0.39, 0.29) is 5.91 Å². The van der Waals surface area contributed by atoms with Crippen LogP contribution in [0.1, 0.15) is 16.1 Å². The van der Waals surface area contributed by atoms with Crippen LogP contribution in [-0.2, 0) is 0 Å². The molecule has 138 valence electrons. The van der Waals surface area contributed by atoms with E-state index in [9.17, 15) is 4.79 Å². The van der Waals surface area contributed by atoms with Crippen molar-refractivity contribution in [2.24, 2.45) is 0 Å². The zero-order valence-corrected chi connectivity index (χ0v) is 15.9. The summed E-state index contributed by atoms with van der Waals surface area (Å²) in [7, 11) is 0. The second-order valence-electron chi connectivity index (χ2n) is 6.04. The van der Waals surface area contributed by atoms with E-state index in [2.05, 4.69) is 15.3 Å². The molecule has 4 rings (SSSR count). The number of aromatic nitrogens is 2. The number of thiazole rings is 1. The van der Waals surface area contributed by atoms with Crippen LogP contribution < -0.4 is 10.1 Å². The first-order valence-corrected chi connectivity index (χ1v) is 9.53. The lowest BCUT2D eigenvalue weighted by atomic mass is 10.2. The maximum Gasteiger partial charge on any atom is 0.261 e. The first-order valence-electron chi connectivity index (χ1n) is 8.72. The summed E-state index contributed by atoms with van der Waals surface area (Å²) in [6.07, 6.45) is 3.27. The number of nitrogens with one attached hydrogen (secondary N) is 1. The first-order chi connectivity index (χ1) is 13.7. The van der Waals surface area contributed by atoms with Crippen molar-refractivity contribution in [3.8, 4) is 21.9 Å². The zero-order chi connectivity index (χ0) is 19.3. The SMILES string of the molecule is Cc1nc(NC(=O)c2ccccc2Oc2cccnc2)sc1-c1ccccc1. The second-order valence-corrected chi connectivity index (χ2v) is 7.04. The van der Waals surface area contributed by atoms with Crippen molar-refractivity contribution < 1.29 is 9.53 Å². The fraction of sp³-hybridized carbons (Fsp3) is 0.0455. The average molecular weight is 387 g/mol. The molecule has 0 saturated carbocycles. The van der Waals surface area contributed by atoms with E-state index in [4.69, 9.17) is 4.74 Å². The number of para-hydroxylation sites is 1. The van der Waals surface area contributed by atoms with Gasteiger partial charge in [-0.05, 0) is 36.8 Å². The monoisotopic (exact) mass is 387 g/mol. The third-order valence-electron chi connectivity index (χ3n) is 4.05. The van der Waals surface area contributed by atoms with Crippen LogP contribution in [0.15, 0.2) is 79.1 Å². The highest BCUT2D eigenvalue weighted by atomic mass is 32.1. The third kappa shape index (κ3) is 3.92. The standard InChI is InChI=1S/C22H17N3O2S/c1-15-20(16-8-3-2-4-9-16)28-22(24-15)25-21(26)18-11-5-6-12-19(18)27-17-10-7-13-23-14-17/h2-14H,1H3,(H,24,25,26). The highest BCUT2D eigenvalue weighted by Crippen LogP contribution is 2.33. The number of ether oxygens (including phenoxy) is 1. The minimum Gasteiger partial charge on any atom is -0.455 e. The van der Waals surface area contributed by atoms with E-state index >= 15 is 0 Å². The summed E-state index contributed by atoms with van der Waals surface area (Å²) >= 11 is 1.45. The summed E-state index contributed by atoms with van der Waals surface area (Å²) in [6, 6.07) is 20.7. The van der Waals surface area contributed by atoms with Gasteiger partial charge in [-0.25, -0.2) is 4.98 Å². The van der Waals surface area contributed by atoms with Crippen LogP contribution in [0.5, 0.6) is 11.5 Å². The summed E-state index contributed by atoms with van der Waals surface area (Å²) < 4.78 is 5.83. The summed E-state index contributed by atoms with van der Waals surface area (Å²) in [5.74, 6) is 0.761. The molecule has 2 heterocycles. The Morgan fingerprint density at radius 1 is 1.00 bits per heavy atom. The van der Waals surface area contributed by atoms with Crippen molar-refractivity contribution in [3.05, 3.63) is 90.4 Å². The molecule has 1 amide bonds. The maximum atomic E-state index is 12.8. The Hall–Kier alpha value is -3.51. The van der Waals surface area contributed by atoms with Gasteiger partial charge in [0.2, 0.25) is 0 Å². The first kappa shape index (κ1) is 17.9. The lowest BCUT2D eigenvalue weighted by Crippen LogP contribution is -2.12. The van der Waals surface area contributed by atoms with E-state index in [0.29, 0.717) is 22.2 Å². The van der Waals surface area contributed by atoms with Gasteiger partial charge in [-0.15, -0.1) is 0 Å². The molecule has 0 aliphatic rings. The summed E-state index contributed by atoms with van der Waals surface area (Å²) in [6.45, 7) is 1.94. The number of anilines is 1. The van der Waals surface area contributed by atoms with Crippen LogP contribution in [0.25, 0.3) is 10.4 Å². The number of rotatable bonds is 5. The zero-order valence-electron chi connectivity index (χ0n) is 15.1. The van der Waals surface area contributed by atoms with Gasteiger partial charge in [-0.1, -0.05) is 53.8 Å². The molecular formula is C22H17N3O2S. The topological polar surface area (TPSA) is 64.1 Å². The molecule has 28 heavy (non-hydrogen) atoms. The molecule has 2 aromatic heterocycles. The number of nitrogens with zero attached hydrogens (tertiary/aromatic N) is 2. The van der Waals surface area contributed by atoms with Gasteiger partial charge in [0.1, 0.15) is 11.5 Å². The van der Waals surface area contributed by atoms with Gasteiger partial charge in [-0.2, -0.15) is 0 Å². The summed E-state index contributed by atoms with van der Waals surface area (Å²) in [5, 5.41) is 3.44. The van der Waals surface area contributed by atoms with E-state index < -0.39 is 0 Å². The molecule has 0 saturated heterocycles. The van der Waals surface area contributed by atoms with Crippen molar-refractivity contribution in [1.82, 2.24) is 9.97 Å². The van der Waals surface area contributed by atoms with Crippen LogP contribution in [0.4, 0.5) is 5.13 Å². The van der Waals surface area contributed by atoms with Gasteiger partial charge in [0.05, 0.1) is 22.3 Å². The van der Waals surface area contributed by atoms with E-state index in [1.807, 2.05) is 43.3 Å². The van der Waals surface area contributed by atoms with Crippen LogP contribution in [0.2, 0.25) is 0 Å². The van der Waals surface area contributed by atoms with Crippen molar-refractivity contribution >= 4 is 22.4 Å². The molecular weight excluding hydrogens is 370 g/mol. The van der Waals surface area contributed by atoms with Crippen LogP contribution in [0, 0.1) is 6.92 Å². The van der Waals surface area contributed by atoms with E-state index in [1.54, 1.807) is 42.7 Å². The Balaban J connectivity index is 1.57. The molecule has 5 nitrogen and oxygen atoms in total. The number of benzene rings is 2. The van der Waals surface area contributed by atoms with Gasteiger partial charge in [-0.3, -0.25) is 15.1 Å². The predicted molar refractivity (Wildman–Crippen MR) is 111 cm³/mol. The van der Waals surface area contributed by atoms with Gasteiger partial charge < -0.3 is 4.74 Å². The predicted octanol–water partition coefficient (Wildman–Crippen LogP) is 5.56. The third-order valence-corrected chi connectivity index (χ3v) is 5.17. The van der Waals surface area contributed by atoms with E-state index in [1.165, 1.54) is 11.3 Å². The number of carbonyl (C=O) groups is 1. The van der Waals surface area contributed by atoms with Crippen molar-refractivity contribution in [3.63, 3.8) is 0 Å². The summed E-state index contributed by atoms with van der Waals surface area (Å²) in [5.41, 5.74) is 2.39. The number of hydrogen-bond donors (Lipinski definition) is 1. The smallest absolute Gasteiger partial charge is 0.261 e. The lowest BCUT2D eigenvalue weighted by molar-refractivity contribution is 0.102. The second kappa shape index (κ2) is 8.02. The molecule has 0 bridgehead atoms. The molecule has 0 atom stereocenters. The van der Waals surface area contributed by atoms with Crippen LogP contribution in [-0.4, -0.2) is 15.9 Å². The summed E-state index contributed by atoms with van der Waals surface area (Å²) in [4.78, 5) is 22.4. The minimum atomic E-state index is -0.271. The quantitative estimate of drug-likeness (QED) is 0.487. The molecule has 2 aromatic carbocycles. The molecule has 0 fully saturated rings. The van der Waals surface area contributed by atoms with Gasteiger partial charge in [0, 0.05) is 6.20 Å². The molecule has 0 spiro atoms. The lowest BCUT2D eigenvalue weighted by Gasteiger charge is -2.10. The average Bonchev–Trinajstić information content (AvgIpc) is 3.10. The highest BCUT2D eigenvalue weighted by Gasteiger charge is 2.16. The number of carbonyl (C=O) groups excluding carboxylic acids is 1. The largest absolute Gasteiger partial charge is 0.455 e. The van der Waals surface area contributed by atoms with Gasteiger partial charge in [0.25, 0.3) is 5.91 Å². The number of aryl methyl sites for hydroxylation is 1. The van der Waals surface area contributed by atoms with Crippen LogP contribution >= 0.6 is 11.3 Å². The van der Waals surface area contributed by atoms with E-state index in [0.717, 1.165) is 16.1 Å². The highest BCUT2D eigenvalue weighted by molar-refractivity contribution is 7.19. The number of amides is 1. The molecule has 0 radical (unpaired) electrons. The molecule has 0 aliphatic heterocycles. The van der Waals surface area contributed by atoms with Crippen molar-refractivity contribution in [2.45, 2.75) is 6.92 Å². The number of pyridine rings is 1. The van der Waals surface area contributed by atoms with Crippen LogP contribution in [0.3, 0.4) is 0 Å². The maximum absolute atomic E-state index is 12.8.